The van der Waals surface area contributed by atoms with Crippen LogP contribution < -0.4 is 10.6 Å². The summed E-state index contributed by atoms with van der Waals surface area (Å²) in [6.07, 6.45) is -3.39. The highest BCUT2D eigenvalue weighted by Gasteiger charge is 2.33. The molecule has 0 amide bonds. The largest absolute Gasteiger partial charge is 0.418 e. The molecule has 0 spiro atoms. The van der Waals surface area contributed by atoms with Crippen molar-refractivity contribution < 1.29 is 13.2 Å². The van der Waals surface area contributed by atoms with Crippen LogP contribution in [0.1, 0.15) is 18.9 Å². The average Bonchev–Trinajstić information content (AvgIpc) is 2.33. The number of benzene rings is 1. The molecule has 0 aliphatic carbocycles. The van der Waals surface area contributed by atoms with Crippen LogP contribution in [0.2, 0.25) is 0 Å². The first-order chi connectivity index (χ1) is 8.49. The van der Waals surface area contributed by atoms with Crippen molar-refractivity contribution in [2.75, 3.05) is 25.5 Å². The second kappa shape index (κ2) is 6.64. The smallest absolute Gasteiger partial charge is 0.384 e. The van der Waals surface area contributed by atoms with Gasteiger partial charge >= 0.3 is 6.18 Å². The third-order valence-electron chi connectivity index (χ3n) is 2.88. The molecule has 0 fully saturated rings. The molecule has 1 unspecified atom stereocenters. The van der Waals surface area contributed by atoms with Gasteiger partial charge in [0, 0.05) is 12.2 Å². The van der Waals surface area contributed by atoms with Gasteiger partial charge in [-0.15, -0.1) is 0 Å². The second-order valence-electron chi connectivity index (χ2n) is 4.26. The van der Waals surface area contributed by atoms with Gasteiger partial charge in [-0.05, 0) is 31.6 Å². The Hall–Kier alpha value is -1.23. The number of para-hydroxylation sites is 1. The van der Waals surface area contributed by atoms with E-state index in [0.717, 1.165) is 19.0 Å². The molecule has 0 heterocycles. The lowest BCUT2D eigenvalue weighted by Gasteiger charge is -2.18. The maximum atomic E-state index is 12.8. The summed E-state index contributed by atoms with van der Waals surface area (Å²) in [5.41, 5.74) is -0.455. The van der Waals surface area contributed by atoms with Crippen LogP contribution in [0.3, 0.4) is 0 Å². The maximum absolute atomic E-state index is 12.8. The van der Waals surface area contributed by atoms with Crippen LogP contribution in [0.15, 0.2) is 24.3 Å². The summed E-state index contributed by atoms with van der Waals surface area (Å²) in [6, 6.07) is 5.58. The van der Waals surface area contributed by atoms with Crippen molar-refractivity contribution >= 4 is 5.69 Å². The Balaban J connectivity index is 2.73. The van der Waals surface area contributed by atoms with Gasteiger partial charge in [-0.1, -0.05) is 25.5 Å². The van der Waals surface area contributed by atoms with Gasteiger partial charge < -0.3 is 10.6 Å². The molecule has 1 aromatic carbocycles. The molecule has 0 radical (unpaired) electrons. The number of hydrogen-bond donors (Lipinski definition) is 2. The van der Waals surface area contributed by atoms with Crippen molar-refractivity contribution in [1.82, 2.24) is 5.32 Å². The Bertz CT molecular complexity index is 363. The molecular formula is C13H19F3N2. The lowest BCUT2D eigenvalue weighted by molar-refractivity contribution is -0.136. The molecule has 0 saturated carbocycles. The molecule has 102 valence electrons. The Kier molecular flexibility index (Phi) is 5.47. The number of halogens is 3. The Morgan fingerprint density at radius 2 is 1.83 bits per heavy atom. The fourth-order valence-electron chi connectivity index (χ4n) is 1.79. The minimum atomic E-state index is -4.31. The zero-order valence-electron chi connectivity index (χ0n) is 10.6. The summed E-state index contributed by atoms with van der Waals surface area (Å²) in [4.78, 5) is 0. The number of hydrogen-bond acceptors (Lipinski definition) is 2. The van der Waals surface area contributed by atoms with Gasteiger partial charge in [0.2, 0.25) is 0 Å². The fourth-order valence-corrected chi connectivity index (χ4v) is 1.79. The van der Waals surface area contributed by atoms with Gasteiger partial charge in [0.05, 0.1) is 5.56 Å². The van der Waals surface area contributed by atoms with E-state index < -0.39 is 11.7 Å². The van der Waals surface area contributed by atoms with Crippen molar-refractivity contribution in [2.24, 2.45) is 5.92 Å². The van der Waals surface area contributed by atoms with Crippen LogP contribution >= 0.6 is 0 Å². The highest BCUT2D eigenvalue weighted by molar-refractivity contribution is 5.52. The molecule has 2 nitrogen and oxygen atoms in total. The van der Waals surface area contributed by atoms with Crippen LogP contribution in [0.4, 0.5) is 18.9 Å². The summed E-state index contributed by atoms with van der Waals surface area (Å²) in [7, 11) is 1.84. The molecule has 0 aliphatic rings. The standard InChI is InChI=1S/C13H19F3N2/c1-3-10(8-17-2)9-18-12-7-5-4-6-11(12)13(14,15)16/h4-7,10,17-18H,3,8-9H2,1-2H3. The van der Waals surface area contributed by atoms with Gasteiger partial charge in [0.25, 0.3) is 0 Å². The first-order valence-electron chi connectivity index (χ1n) is 6.03. The molecule has 5 heteroatoms. The van der Waals surface area contributed by atoms with Crippen molar-refractivity contribution in [3.05, 3.63) is 29.8 Å². The van der Waals surface area contributed by atoms with Gasteiger partial charge in [-0.3, -0.25) is 0 Å². The lowest BCUT2D eigenvalue weighted by Crippen LogP contribution is -2.25. The van der Waals surface area contributed by atoms with E-state index in [4.69, 9.17) is 0 Å². The Morgan fingerprint density at radius 1 is 1.17 bits per heavy atom. The Morgan fingerprint density at radius 3 is 2.39 bits per heavy atom. The number of rotatable bonds is 6. The molecule has 2 N–H and O–H groups in total. The summed E-state index contributed by atoms with van der Waals surface area (Å²) < 4.78 is 38.3. The predicted octanol–water partition coefficient (Wildman–Crippen LogP) is 3.36. The molecule has 1 rings (SSSR count). The Labute approximate surface area is 106 Å². The average molecular weight is 260 g/mol. The lowest BCUT2D eigenvalue weighted by atomic mass is 10.1. The SMILES string of the molecule is CCC(CNC)CNc1ccccc1C(F)(F)F. The van der Waals surface area contributed by atoms with Crippen molar-refractivity contribution in [3.8, 4) is 0 Å². The van der Waals surface area contributed by atoms with E-state index >= 15 is 0 Å². The third kappa shape index (κ3) is 4.22. The van der Waals surface area contributed by atoms with Crippen LogP contribution in [0.5, 0.6) is 0 Å². The first-order valence-corrected chi connectivity index (χ1v) is 6.03. The molecule has 0 bridgehead atoms. The van der Waals surface area contributed by atoms with Gasteiger partial charge in [0.1, 0.15) is 0 Å². The monoisotopic (exact) mass is 260 g/mol. The van der Waals surface area contributed by atoms with Gasteiger partial charge in [-0.25, -0.2) is 0 Å². The third-order valence-corrected chi connectivity index (χ3v) is 2.88. The first kappa shape index (κ1) is 14.8. The molecule has 1 atom stereocenters. The van der Waals surface area contributed by atoms with Crippen molar-refractivity contribution in [2.45, 2.75) is 19.5 Å². The summed E-state index contributed by atoms with van der Waals surface area (Å²) in [5.74, 6) is 0.316. The summed E-state index contributed by atoms with van der Waals surface area (Å²) in [6.45, 7) is 3.35. The van der Waals surface area contributed by atoms with E-state index in [0.29, 0.717) is 12.5 Å². The predicted molar refractivity (Wildman–Crippen MR) is 67.6 cm³/mol. The zero-order valence-corrected chi connectivity index (χ0v) is 10.6. The number of anilines is 1. The highest BCUT2D eigenvalue weighted by atomic mass is 19.4. The van der Waals surface area contributed by atoms with E-state index in [9.17, 15) is 13.2 Å². The molecule has 0 aromatic heterocycles. The van der Waals surface area contributed by atoms with Crippen LogP contribution in [0, 0.1) is 5.92 Å². The molecule has 1 aromatic rings. The van der Waals surface area contributed by atoms with E-state index in [-0.39, 0.29) is 5.69 Å². The van der Waals surface area contributed by atoms with Crippen LogP contribution in [-0.2, 0) is 6.18 Å². The number of alkyl halides is 3. The summed E-state index contributed by atoms with van der Waals surface area (Å²) >= 11 is 0. The van der Waals surface area contributed by atoms with E-state index in [2.05, 4.69) is 10.6 Å². The van der Waals surface area contributed by atoms with E-state index in [1.165, 1.54) is 12.1 Å². The molecular weight excluding hydrogens is 241 g/mol. The van der Waals surface area contributed by atoms with E-state index in [1.54, 1.807) is 6.07 Å². The molecule has 0 aliphatic heterocycles. The molecule has 18 heavy (non-hydrogen) atoms. The topological polar surface area (TPSA) is 24.1 Å². The van der Waals surface area contributed by atoms with E-state index in [1.807, 2.05) is 14.0 Å². The van der Waals surface area contributed by atoms with Crippen molar-refractivity contribution in [3.63, 3.8) is 0 Å². The normalized spacial score (nSPS) is 13.4. The minimum absolute atomic E-state index is 0.152. The van der Waals surface area contributed by atoms with Crippen LogP contribution in [0.25, 0.3) is 0 Å². The summed E-state index contributed by atoms with van der Waals surface area (Å²) in [5, 5.41) is 5.93. The molecule has 0 saturated heterocycles. The van der Waals surface area contributed by atoms with Crippen LogP contribution in [-0.4, -0.2) is 20.1 Å². The zero-order chi connectivity index (χ0) is 13.6. The maximum Gasteiger partial charge on any atom is 0.418 e. The fraction of sp³-hybridized carbons (Fsp3) is 0.538. The quantitative estimate of drug-likeness (QED) is 0.819. The van der Waals surface area contributed by atoms with Crippen molar-refractivity contribution in [1.29, 1.82) is 0 Å². The van der Waals surface area contributed by atoms with Gasteiger partial charge in [-0.2, -0.15) is 13.2 Å². The van der Waals surface area contributed by atoms with Gasteiger partial charge in [0.15, 0.2) is 0 Å². The number of nitrogens with one attached hydrogen (secondary N) is 2. The second-order valence-corrected chi connectivity index (χ2v) is 4.26. The highest BCUT2D eigenvalue weighted by Crippen LogP contribution is 2.34. The minimum Gasteiger partial charge on any atom is -0.384 e.